The minimum atomic E-state index is -0.356. The van der Waals surface area contributed by atoms with E-state index in [1.165, 1.54) is 6.08 Å². The van der Waals surface area contributed by atoms with E-state index in [1.54, 1.807) is 32.0 Å². The van der Waals surface area contributed by atoms with E-state index in [2.05, 4.69) is 0 Å². The maximum absolute atomic E-state index is 11.8. The first-order valence-corrected chi connectivity index (χ1v) is 5.12. The zero-order chi connectivity index (χ0) is 12.6. The highest BCUT2D eigenvalue weighted by molar-refractivity contribution is 6.30. The molecular formula is C13H10N2O2. The molecule has 0 spiro atoms. The SMILES string of the molecule is CC1=CC(=O)N(c2cc(C#N)ccc2C)C1=O. The van der Waals surface area contributed by atoms with Crippen LogP contribution in [0.25, 0.3) is 0 Å². The van der Waals surface area contributed by atoms with Crippen molar-refractivity contribution >= 4 is 17.5 Å². The fraction of sp³-hybridized carbons (Fsp3) is 0.154. The maximum Gasteiger partial charge on any atom is 0.261 e. The van der Waals surface area contributed by atoms with Crippen LogP contribution >= 0.6 is 0 Å². The zero-order valence-electron chi connectivity index (χ0n) is 9.52. The highest BCUT2D eigenvalue weighted by Gasteiger charge is 2.30. The van der Waals surface area contributed by atoms with Crippen molar-refractivity contribution in [3.05, 3.63) is 41.0 Å². The van der Waals surface area contributed by atoms with Crippen LogP contribution in [0.5, 0.6) is 0 Å². The molecular weight excluding hydrogens is 216 g/mol. The van der Waals surface area contributed by atoms with Gasteiger partial charge < -0.3 is 0 Å². The molecule has 0 N–H and O–H groups in total. The van der Waals surface area contributed by atoms with Crippen molar-refractivity contribution in [2.45, 2.75) is 13.8 Å². The summed E-state index contributed by atoms with van der Waals surface area (Å²) in [4.78, 5) is 24.6. The van der Waals surface area contributed by atoms with E-state index in [0.717, 1.165) is 10.5 Å². The van der Waals surface area contributed by atoms with E-state index >= 15 is 0 Å². The van der Waals surface area contributed by atoms with Crippen LogP contribution in [0.4, 0.5) is 5.69 Å². The van der Waals surface area contributed by atoms with Crippen molar-refractivity contribution in [1.82, 2.24) is 0 Å². The van der Waals surface area contributed by atoms with Crippen molar-refractivity contribution in [1.29, 1.82) is 5.26 Å². The summed E-state index contributed by atoms with van der Waals surface area (Å²) < 4.78 is 0. The van der Waals surface area contributed by atoms with Crippen LogP contribution in [0, 0.1) is 18.3 Å². The van der Waals surface area contributed by atoms with E-state index in [-0.39, 0.29) is 11.8 Å². The summed E-state index contributed by atoms with van der Waals surface area (Å²) in [6.07, 6.45) is 1.31. The van der Waals surface area contributed by atoms with Gasteiger partial charge in [-0.2, -0.15) is 5.26 Å². The molecule has 4 nitrogen and oxygen atoms in total. The van der Waals surface area contributed by atoms with Crippen molar-refractivity contribution in [2.24, 2.45) is 0 Å². The molecule has 1 aliphatic rings. The molecule has 4 heteroatoms. The fourth-order valence-electron chi connectivity index (χ4n) is 1.74. The first-order chi connectivity index (χ1) is 8.04. The predicted molar refractivity (Wildman–Crippen MR) is 62.1 cm³/mol. The maximum atomic E-state index is 11.8. The Balaban J connectivity index is 2.53. The second-order valence-electron chi connectivity index (χ2n) is 3.92. The Bertz CT molecular complexity index is 594. The first kappa shape index (κ1) is 11.1. The van der Waals surface area contributed by atoms with Gasteiger partial charge in [-0.1, -0.05) is 6.07 Å². The van der Waals surface area contributed by atoms with Gasteiger partial charge in [0.2, 0.25) is 0 Å². The van der Waals surface area contributed by atoms with Crippen LogP contribution in [-0.4, -0.2) is 11.8 Å². The Morgan fingerprint density at radius 1 is 1.24 bits per heavy atom. The minimum absolute atomic E-state index is 0.326. The van der Waals surface area contributed by atoms with Crippen molar-refractivity contribution in [3.63, 3.8) is 0 Å². The third-order valence-electron chi connectivity index (χ3n) is 2.68. The number of hydrogen-bond acceptors (Lipinski definition) is 3. The summed E-state index contributed by atoms with van der Waals surface area (Å²) in [5.74, 6) is -0.682. The summed E-state index contributed by atoms with van der Waals surface area (Å²) in [6, 6.07) is 6.93. The second kappa shape index (κ2) is 3.87. The van der Waals surface area contributed by atoms with E-state index in [4.69, 9.17) is 5.26 Å². The van der Waals surface area contributed by atoms with Crippen LogP contribution in [0.1, 0.15) is 18.1 Å². The molecule has 1 aromatic rings. The highest BCUT2D eigenvalue weighted by atomic mass is 16.2. The van der Waals surface area contributed by atoms with Gasteiger partial charge in [-0.15, -0.1) is 0 Å². The molecule has 84 valence electrons. The molecule has 2 rings (SSSR count). The molecule has 0 aliphatic carbocycles. The Labute approximate surface area is 98.8 Å². The molecule has 1 aliphatic heterocycles. The second-order valence-corrected chi connectivity index (χ2v) is 3.92. The van der Waals surface area contributed by atoms with Gasteiger partial charge in [-0.3, -0.25) is 9.59 Å². The molecule has 1 heterocycles. The Morgan fingerprint density at radius 2 is 1.94 bits per heavy atom. The van der Waals surface area contributed by atoms with Crippen LogP contribution in [0.15, 0.2) is 29.8 Å². The number of rotatable bonds is 1. The molecule has 0 unspecified atom stereocenters. The van der Waals surface area contributed by atoms with E-state index in [9.17, 15) is 9.59 Å². The Kier molecular flexibility index (Phi) is 2.52. The molecule has 17 heavy (non-hydrogen) atoms. The Morgan fingerprint density at radius 3 is 2.47 bits per heavy atom. The molecule has 0 bridgehead atoms. The number of nitrogens with zero attached hydrogens (tertiary/aromatic N) is 2. The number of carbonyl (C=O) groups excluding carboxylic acids is 2. The van der Waals surface area contributed by atoms with Gasteiger partial charge in [0.15, 0.2) is 0 Å². The first-order valence-electron chi connectivity index (χ1n) is 5.12. The molecule has 0 saturated heterocycles. The fourth-order valence-corrected chi connectivity index (χ4v) is 1.74. The van der Waals surface area contributed by atoms with Crippen LogP contribution in [0.3, 0.4) is 0 Å². The van der Waals surface area contributed by atoms with E-state index in [0.29, 0.717) is 16.8 Å². The van der Waals surface area contributed by atoms with Crippen LogP contribution < -0.4 is 4.90 Å². The summed E-state index contributed by atoms with van der Waals surface area (Å²) in [7, 11) is 0. The van der Waals surface area contributed by atoms with Gasteiger partial charge in [0.25, 0.3) is 11.8 Å². The van der Waals surface area contributed by atoms with Gasteiger partial charge in [-0.05, 0) is 31.5 Å². The monoisotopic (exact) mass is 226 g/mol. The van der Waals surface area contributed by atoms with Crippen molar-refractivity contribution in [2.75, 3.05) is 4.90 Å². The minimum Gasteiger partial charge on any atom is -0.269 e. The number of nitriles is 1. The van der Waals surface area contributed by atoms with Crippen LogP contribution in [0.2, 0.25) is 0 Å². The van der Waals surface area contributed by atoms with Gasteiger partial charge in [0.1, 0.15) is 0 Å². The quantitative estimate of drug-likeness (QED) is 0.684. The predicted octanol–water partition coefficient (Wildman–Crippen LogP) is 1.69. The number of amides is 2. The summed E-state index contributed by atoms with van der Waals surface area (Å²) >= 11 is 0. The average molecular weight is 226 g/mol. The largest absolute Gasteiger partial charge is 0.269 e. The lowest BCUT2D eigenvalue weighted by Crippen LogP contribution is -2.31. The third-order valence-corrected chi connectivity index (χ3v) is 2.68. The molecule has 0 atom stereocenters. The lowest BCUT2D eigenvalue weighted by molar-refractivity contribution is -0.120. The number of aryl methyl sites for hydroxylation is 1. The Hall–Kier alpha value is -2.41. The molecule has 1 aromatic carbocycles. The summed E-state index contributed by atoms with van der Waals surface area (Å²) in [5.41, 5.74) is 2.11. The molecule has 0 saturated carbocycles. The van der Waals surface area contributed by atoms with E-state index < -0.39 is 0 Å². The number of carbonyl (C=O) groups is 2. The van der Waals surface area contributed by atoms with Gasteiger partial charge in [-0.25, -0.2) is 4.90 Å². The number of imide groups is 1. The molecule has 0 fully saturated rings. The number of hydrogen-bond donors (Lipinski definition) is 0. The molecule has 2 amide bonds. The van der Waals surface area contributed by atoms with Crippen LogP contribution in [-0.2, 0) is 9.59 Å². The van der Waals surface area contributed by atoms with Crippen molar-refractivity contribution in [3.8, 4) is 6.07 Å². The molecule has 0 aromatic heterocycles. The highest BCUT2D eigenvalue weighted by Crippen LogP contribution is 2.26. The lowest BCUT2D eigenvalue weighted by Gasteiger charge is -2.17. The smallest absolute Gasteiger partial charge is 0.261 e. The molecule has 0 radical (unpaired) electrons. The average Bonchev–Trinajstić information content (AvgIpc) is 2.55. The van der Waals surface area contributed by atoms with E-state index in [1.807, 2.05) is 6.07 Å². The summed E-state index contributed by atoms with van der Waals surface area (Å²) in [5, 5.41) is 8.83. The third kappa shape index (κ3) is 1.72. The number of benzene rings is 1. The van der Waals surface area contributed by atoms with Gasteiger partial charge in [0, 0.05) is 11.6 Å². The lowest BCUT2D eigenvalue weighted by atomic mass is 10.1. The summed E-state index contributed by atoms with van der Waals surface area (Å²) in [6.45, 7) is 3.40. The van der Waals surface area contributed by atoms with Gasteiger partial charge >= 0.3 is 0 Å². The topological polar surface area (TPSA) is 61.2 Å². The normalized spacial score (nSPS) is 14.9. The van der Waals surface area contributed by atoms with Gasteiger partial charge in [0.05, 0.1) is 17.3 Å². The van der Waals surface area contributed by atoms with Crippen molar-refractivity contribution < 1.29 is 9.59 Å². The standard InChI is InChI=1S/C13H10N2O2/c1-8-3-4-10(7-14)6-11(8)15-12(16)5-9(2)13(15)17/h3-6H,1-2H3. The zero-order valence-corrected chi connectivity index (χ0v) is 9.52. The number of anilines is 1.